The molecule has 0 unspecified atom stereocenters. The molecule has 0 aliphatic carbocycles. The largest absolute Gasteiger partial charge is 0.459 e. The van der Waals surface area contributed by atoms with Crippen molar-refractivity contribution in [1.29, 1.82) is 5.26 Å². The molecule has 6 nitrogen and oxygen atoms in total. The molecule has 0 radical (unpaired) electrons. The highest BCUT2D eigenvalue weighted by molar-refractivity contribution is 5.82. The number of nitriles is 1. The van der Waals surface area contributed by atoms with Crippen LogP contribution in [-0.2, 0) is 20.9 Å². The maximum absolute atomic E-state index is 12.1. The predicted octanol–water partition coefficient (Wildman–Crippen LogP) is 1.85. The molecule has 0 bridgehead atoms. The number of esters is 1. The van der Waals surface area contributed by atoms with Gasteiger partial charge in [0.2, 0.25) is 0 Å². The minimum absolute atomic E-state index is 0.141. The molecule has 110 valence electrons. The second kappa shape index (κ2) is 6.75. The van der Waals surface area contributed by atoms with Crippen LogP contribution in [0.5, 0.6) is 0 Å². The summed E-state index contributed by atoms with van der Waals surface area (Å²) in [4.78, 5) is 25.0. The molecule has 21 heavy (non-hydrogen) atoms. The average Bonchev–Trinajstić information content (AvgIpc) is 2.96. The molecule has 1 amide bonds. The second-order valence-electron chi connectivity index (χ2n) is 4.71. The molecule has 0 spiro atoms. The van der Waals surface area contributed by atoms with Gasteiger partial charge in [0.1, 0.15) is 18.7 Å². The van der Waals surface area contributed by atoms with Crippen molar-refractivity contribution in [3.63, 3.8) is 0 Å². The standard InChI is InChI=1S/C15H16N2O4/c1-20-15(19)17-12(9-16)7-8-13(17)14(18)21-10-11-5-3-2-4-6-11/h2-6,12-13H,7-8,10H2,1H3/t12-,13+/m1/s1. The number of benzene rings is 1. The zero-order chi connectivity index (χ0) is 15.2. The average molecular weight is 288 g/mol. The van der Waals surface area contributed by atoms with E-state index in [2.05, 4.69) is 4.74 Å². The van der Waals surface area contributed by atoms with Crippen molar-refractivity contribution in [2.75, 3.05) is 7.11 Å². The van der Waals surface area contributed by atoms with Gasteiger partial charge in [-0.3, -0.25) is 4.90 Å². The van der Waals surface area contributed by atoms with E-state index in [0.29, 0.717) is 12.8 Å². The van der Waals surface area contributed by atoms with Gasteiger partial charge < -0.3 is 9.47 Å². The molecule has 1 aromatic carbocycles. The first-order valence-electron chi connectivity index (χ1n) is 6.64. The number of hydrogen-bond donors (Lipinski definition) is 0. The number of methoxy groups -OCH3 is 1. The maximum atomic E-state index is 12.1. The fourth-order valence-corrected chi connectivity index (χ4v) is 2.35. The summed E-state index contributed by atoms with van der Waals surface area (Å²) in [6.07, 6.45) is 0.165. The van der Waals surface area contributed by atoms with E-state index in [1.54, 1.807) is 0 Å². The smallest absolute Gasteiger partial charge is 0.411 e. The summed E-state index contributed by atoms with van der Waals surface area (Å²) in [5, 5.41) is 9.04. The van der Waals surface area contributed by atoms with Gasteiger partial charge in [0.15, 0.2) is 0 Å². The highest BCUT2D eigenvalue weighted by Crippen LogP contribution is 2.25. The Labute approximate surface area is 122 Å². The lowest BCUT2D eigenvalue weighted by atomic mass is 10.2. The Morgan fingerprint density at radius 2 is 2.05 bits per heavy atom. The van der Waals surface area contributed by atoms with Gasteiger partial charge in [-0.25, -0.2) is 9.59 Å². The van der Waals surface area contributed by atoms with Crippen LogP contribution in [-0.4, -0.2) is 36.2 Å². The summed E-state index contributed by atoms with van der Waals surface area (Å²) in [7, 11) is 1.22. The Kier molecular flexibility index (Phi) is 4.77. The Bertz CT molecular complexity index is 553. The van der Waals surface area contributed by atoms with E-state index in [0.717, 1.165) is 10.5 Å². The Morgan fingerprint density at radius 1 is 1.33 bits per heavy atom. The fraction of sp³-hybridized carbons (Fsp3) is 0.400. The number of carbonyl (C=O) groups excluding carboxylic acids is 2. The number of amides is 1. The van der Waals surface area contributed by atoms with Crippen LogP contribution in [0.15, 0.2) is 30.3 Å². The summed E-state index contributed by atoms with van der Waals surface area (Å²) in [5.74, 6) is -0.512. The number of likely N-dealkylation sites (tertiary alicyclic amines) is 1. The lowest BCUT2D eigenvalue weighted by Gasteiger charge is -2.24. The van der Waals surface area contributed by atoms with Crippen LogP contribution in [0.3, 0.4) is 0 Å². The summed E-state index contributed by atoms with van der Waals surface area (Å²) in [6, 6.07) is 9.87. The highest BCUT2D eigenvalue weighted by Gasteiger charge is 2.42. The zero-order valence-electron chi connectivity index (χ0n) is 11.7. The first kappa shape index (κ1) is 14.9. The molecule has 1 heterocycles. The Balaban J connectivity index is 2.01. The van der Waals surface area contributed by atoms with Crippen LogP contribution in [0.25, 0.3) is 0 Å². The van der Waals surface area contributed by atoms with Gasteiger partial charge in [-0.05, 0) is 18.4 Å². The molecule has 6 heteroatoms. The van der Waals surface area contributed by atoms with E-state index < -0.39 is 24.1 Å². The van der Waals surface area contributed by atoms with Gasteiger partial charge in [0.05, 0.1) is 13.2 Å². The molecular weight excluding hydrogens is 272 g/mol. The molecule has 0 aromatic heterocycles. The van der Waals surface area contributed by atoms with Gasteiger partial charge in [-0.2, -0.15) is 5.26 Å². The van der Waals surface area contributed by atoms with Crippen LogP contribution in [0.4, 0.5) is 4.79 Å². The second-order valence-corrected chi connectivity index (χ2v) is 4.71. The molecule has 0 N–H and O–H groups in total. The van der Waals surface area contributed by atoms with Crippen LogP contribution < -0.4 is 0 Å². The first-order chi connectivity index (χ1) is 10.2. The van der Waals surface area contributed by atoms with Crippen LogP contribution in [0, 0.1) is 11.3 Å². The van der Waals surface area contributed by atoms with Gasteiger partial charge in [-0.15, -0.1) is 0 Å². The maximum Gasteiger partial charge on any atom is 0.411 e. The molecule has 0 saturated carbocycles. The topological polar surface area (TPSA) is 79.6 Å². The van der Waals surface area contributed by atoms with Gasteiger partial charge in [0.25, 0.3) is 0 Å². The van der Waals surface area contributed by atoms with Crippen molar-refractivity contribution in [3.8, 4) is 6.07 Å². The van der Waals surface area contributed by atoms with E-state index in [1.807, 2.05) is 36.4 Å². The van der Waals surface area contributed by atoms with Crippen molar-refractivity contribution in [2.45, 2.75) is 31.5 Å². The van der Waals surface area contributed by atoms with E-state index in [9.17, 15) is 9.59 Å². The zero-order valence-corrected chi connectivity index (χ0v) is 11.7. The molecule has 2 rings (SSSR count). The molecule has 1 saturated heterocycles. The van der Waals surface area contributed by atoms with E-state index in [4.69, 9.17) is 10.00 Å². The summed E-state index contributed by atoms with van der Waals surface area (Å²) in [5.41, 5.74) is 0.866. The summed E-state index contributed by atoms with van der Waals surface area (Å²) < 4.78 is 9.87. The van der Waals surface area contributed by atoms with Crippen LogP contribution in [0.1, 0.15) is 18.4 Å². The third kappa shape index (κ3) is 3.31. The van der Waals surface area contributed by atoms with Crippen molar-refractivity contribution in [3.05, 3.63) is 35.9 Å². The predicted molar refractivity (Wildman–Crippen MR) is 72.9 cm³/mol. The highest BCUT2D eigenvalue weighted by atomic mass is 16.6. The molecule has 1 aliphatic heterocycles. The van der Waals surface area contributed by atoms with Crippen LogP contribution in [0.2, 0.25) is 0 Å². The summed E-state index contributed by atoms with van der Waals surface area (Å²) in [6.45, 7) is 0.141. The lowest BCUT2D eigenvalue weighted by Crippen LogP contribution is -2.45. The monoisotopic (exact) mass is 288 g/mol. The normalized spacial score (nSPS) is 20.7. The van der Waals surface area contributed by atoms with E-state index in [-0.39, 0.29) is 6.61 Å². The van der Waals surface area contributed by atoms with Gasteiger partial charge >= 0.3 is 12.1 Å². The van der Waals surface area contributed by atoms with E-state index >= 15 is 0 Å². The third-order valence-electron chi connectivity index (χ3n) is 3.42. The quantitative estimate of drug-likeness (QED) is 0.793. The summed E-state index contributed by atoms with van der Waals surface area (Å²) >= 11 is 0. The third-order valence-corrected chi connectivity index (χ3v) is 3.42. The minimum Gasteiger partial charge on any atom is -0.459 e. The van der Waals surface area contributed by atoms with E-state index in [1.165, 1.54) is 7.11 Å². The van der Waals surface area contributed by atoms with Gasteiger partial charge in [-0.1, -0.05) is 30.3 Å². The number of nitrogens with zero attached hydrogens (tertiary/aromatic N) is 2. The van der Waals surface area contributed by atoms with Crippen molar-refractivity contribution >= 4 is 12.1 Å². The molecular formula is C15H16N2O4. The first-order valence-corrected chi connectivity index (χ1v) is 6.64. The Morgan fingerprint density at radius 3 is 2.67 bits per heavy atom. The van der Waals surface area contributed by atoms with Gasteiger partial charge in [0, 0.05) is 0 Å². The van der Waals surface area contributed by atoms with Crippen molar-refractivity contribution < 1.29 is 19.1 Å². The van der Waals surface area contributed by atoms with Crippen molar-refractivity contribution in [2.24, 2.45) is 0 Å². The SMILES string of the molecule is COC(=O)N1[C@@H](C#N)CC[C@H]1C(=O)OCc1ccccc1. The lowest BCUT2D eigenvalue weighted by molar-refractivity contribution is -0.150. The number of carbonyl (C=O) groups is 2. The Hall–Kier alpha value is -2.55. The fourth-order valence-electron chi connectivity index (χ4n) is 2.35. The molecule has 1 fully saturated rings. The van der Waals surface area contributed by atoms with Crippen molar-refractivity contribution in [1.82, 2.24) is 4.90 Å². The number of hydrogen-bond acceptors (Lipinski definition) is 5. The minimum atomic E-state index is -0.759. The number of rotatable bonds is 3. The number of ether oxygens (including phenoxy) is 2. The molecule has 1 aromatic rings. The molecule has 2 atom stereocenters. The van der Waals surface area contributed by atoms with Crippen LogP contribution >= 0.6 is 0 Å². The molecule has 1 aliphatic rings.